The van der Waals surface area contributed by atoms with Gasteiger partial charge in [-0.05, 0) is 87.1 Å². The molecule has 2 unspecified atom stereocenters. The number of aryl methyl sites for hydroxylation is 1. The number of carbonyl (C=O) groups excluding carboxylic acids is 1. The molecule has 0 radical (unpaired) electrons. The second-order valence-electron chi connectivity index (χ2n) is 11.9. The molecule has 0 bridgehead atoms. The summed E-state index contributed by atoms with van der Waals surface area (Å²) in [6.45, 7) is 9.64. The minimum atomic E-state index is -0.969. The molecule has 2 heterocycles. The maximum Gasteiger partial charge on any atom is 0.311 e. The maximum absolute atomic E-state index is 15.8. The highest BCUT2D eigenvalue weighted by molar-refractivity contribution is 5.94. The van der Waals surface area contributed by atoms with Gasteiger partial charge in [-0.3, -0.25) is 9.59 Å². The largest absolute Gasteiger partial charge is 0.481 e. The summed E-state index contributed by atoms with van der Waals surface area (Å²) in [5.74, 6) is -2.40. The topological polar surface area (TPSA) is 96.6 Å². The van der Waals surface area contributed by atoms with Gasteiger partial charge >= 0.3 is 5.97 Å². The number of carbonyl (C=O) groups is 2. The zero-order valence-electron chi connectivity index (χ0n) is 25.0. The fourth-order valence-corrected chi connectivity index (χ4v) is 6.32. The van der Waals surface area contributed by atoms with Crippen molar-refractivity contribution in [2.75, 3.05) is 0 Å². The smallest absolute Gasteiger partial charge is 0.311 e. The number of nitrogens with one attached hydrogen (secondary N) is 1. The Balaban J connectivity index is 1.72. The van der Waals surface area contributed by atoms with Gasteiger partial charge in [0.1, 0.15) is 5.82 Å². The Hall–Kier alpha value is -4.07. The third-order valence-corrected chi connectivity index (χ3v) is 8.45. The number of amides is 1. The van der Waals surface area contributed by atoms with Gasteiger partial charge in [-0.25, -0.2) is 13.9 Å². The van der Waals surface area contributed by atoms with Crippen LogP contribution in [0.5, 0.6) is 0 Å². The lowest BCUT2D eigenvalue weighted by Crippen LogP contribution is -2.27. The number of aromatic nitrogens is 3. The zero-order valence-corrected chi connectivity index (χ0v) is 25.0. The Kier molecular flexibility index (Phi) is 8.43. The van der Waals surface area contributed by atoms with Gasteiger partial charge in [-0.1, -0.05) is 50.6 Å². The number of carboxylic acids is 1. The predicted molar refractivity (Wildman–Crippen MR) is 161 cm³/mol. The van der Waals surface area contributed by atoms with Gasteiger partial charge in [-0.15, -0.1) is 0 Å². The van der Waals surface area contributed by atoms with Crippen LogP contribution in [0, 0.1) is 25.6 Å². The Morgan fingerprint density at radius 1 is 1.02 bits per heavy atom. The van der Waals surface area contributed by atoms with E-state index in [4.69, 9.17) is 4.98 Å². The van der Waals surface area contributed by atoms with E-state index in [9.17, 15) is 14.7 Å². The number of carboxylic acid groups (broad SMARTS) is 1. The molecule has 1 amide bonds. The lowest BCUT2D eigenvalue weighted by Gasteiger charge is -2.24. The van der Waals surface area contributed by atoms with Crippen molar-refractivity contribution in [1.29, 1.82) is 0 Å². The zero-order chi connectivity index (χ0) is 30.1. The number of nitrogens with zero attached hydrogens (tertiary/aromatic N) is 3. The van der Waals surface area contributed by atoms with Crippen LogP contribution in [-0.4, -0.2) is 31.6 Å². The van der Waals surface area contributed by atoms with Crippen LogP contribution in [0.1, 0.15) is 102 Å². The van der Waals surface area contributed by atoms with Crippen molar-refractivity contribution in [3.05, 3.63) is 87.5 Å². The molecule has 5 rings (SSSR count). The first kappa shape index (κ1) is 29.4. The van der Waals surface area contributed by atoms with E-state index in [0.717, 1.165) is 47.9 Å². The van der Waals surface area contributed by atoms with E-state index in [-0.39, 0.29) is 29.4 Å². The van der Waals surface area contributed by atoms with Crippen molar-refractivity contribution in [3.63, 3.8) is 0 Å². The fraction of sp³-hybridized carbons (Fsp3) is 0.412. The third-order valence-electron chi connectivity index (χ3n) is 8.45. The van der Waals surface area contributed by atoms with Crippen LogP contribution in [0.2, 0.25) is 0 Å². The highest BCUT2D eigenvalue weighted by Crippen LogP contribution is 2.40. The minimum Gasteiger partial charge on any atom is -0.481 e. The van der Waals surface area contributed by atoms with Crippen LogP contribution >= 0.6 is 0 Å². The van der Waals surface area contributed by atoms with Gasteiger partial charge in [0.25, 0.3) is 5.91 Å². The number of hydrogen-bond donors (Lipinski definition) is 2. The Morgan fingerprint density at radius 2 is 1.71 bits per heavy atom. The molecule has 0 fully saturated rings. The summed E-state index contributed by atoms with van der Waals surface area (Å²) in [5, 5.41) is 18.1. The molecule has 0 saturated heterocycles. The summed E-state index contributed by atoms with van der Waals surface area (Å²) in [7, 11) is 0. The number of benzene rings is 2. The number of fused-ring (bicyclic) bond motifs is 2. The third kappa shape index (κ3) is 5.67. The Labute approximate surface area is 246 Å². The molecule has 1 aliphatic rings. The summed E-state index contributed by atoms with van der Waals surface area (Å²) in [4.78, 5) is 30.8. The molecule has 4 aromatic rings. The van der Waals surface area contributed by atoms with Crippen molar-refractivity contribution in [2.24, 2.45) is 5.92 Å². The number of halogens is 1. The van der Waals surface area contributed by atoms with Crippen LogP contribution in [0.15, 0.2) is 42.5 Å². The molecule has 42 heavy (non-hydrogen) atoms. The molecular formula is C34H39FN4O3. The van der Waals surface area contributed by atoms with Crippen LogP contribution in [0.4, 0.5) is 4.39 Å². The molecule has 0 saturated carbocycles. The van der Waals surface area contributed by atoms with Crippen LogP contribution < -0.4 is 5.32 Å². The first-order valence-corrected chi connectivity index (χ1v) is 14.9. The molecule has 220 valence electrons. The number of aliphatic carboxylic acids is 1. The highest BCUT2D eigenvalue weighted by Gasteiger charge is 2.32. The minimum absolute atomic E-state index is 0.0948. The molecule has 7 nitrogen and oxygen atoms in total. The summed E-state index contributed by atoms with van der Waals surface area (Å²) in [6.07, 6.45) is 4.81. The van der Waals surface area contributed by atoms with E-state index in [2.05, 4.69) is 10.4 Å². The summed E-state index contributed by atoms with van der Waals surface area (Å²) in [5.41, 5.74) is 6.33. The quantitative estimate of drug-likeness (QED) is 0.220. The van der Waals surface area contributed by atoms with Gasteiger partial charge in [0.05, 0.1) is 17.7 Å². The lowest BCUT2D eigenvalue weighted by molar-refractivity contribution is -0.139. The first-order valence-electron chi connectivity index (χ1n) is 14.9. The highest BCUT2D eigenvalue weighted by atomic mass is 19.1. The van der Waals surface area contributed by atoms with E-state index >= 15 is 4.39 Å². The van der Waals surface area contributed by atoms with E-state index in [0.29, 0.717) is 41.0 Å². The van der Waals surface area contributed by atoms with Crippen molar-refractivity contribution in [1.82, 2.24) is 19.9 Å². The summed E-state index contributed by atoms with van der Waals surface area (Å²) in [6, 6.07) is 12.5. The number of hydrogen-bond acceptors (Lipinski definition) is 4. The SMILES string of the molecule is Cc1nc2cc(C(=O)NC(C)c3ccccc3)nn2c(-c2cc(F)c3c(c2C)CCCCC3)c1C(CC(C)C)C(=O)O. The van der Waals surface area contributed by atoms with Gasteiger partial charge in [-0.2, -0.15) is 5.10 Å². The standard InChI is InChI=1S/C34H39FN4O3/c1-19(2)16-27(34(41)42)31-22(5)36-30-18-29(33(40)37-21(4)23-12-8-6-9-13-23)38-39(30)32(31)26-17-28(35)25-15-11-7-10-14-24(25)20(26)3/h6,8-9,12-13,17-19,21,27H,7,10-11,14-16H2,1-5H3,(H,37,40)(H,41,42). The molecule has 2 N–H and O–H groups in total. The van der Waals surface area contributed by atoms with E-state index in [1.54, 1.807) is 17.5 Å². The molecule has 0 aliphatic heterocycles. The van der Waals surface area contributed by atoms with E-state index in [1.165, 1.54) is 6.07 Å². The molecule has 2 aromatic heterocycles. The van der Waals surface area contributed by atoms with Crippen LogP contribution in [0.25, 0.3) is 16.9 Å². The molecule has 2 aromatic carbocycles. The van der Waals surface area contributed by atoms with Crippen LogP contribution in [0.3, 0.4) is 0 Å². The van der Waals surface area contributed by atoms with Crippen molar-refractivity contribution >= 4 is 17.5 Å². The van der Waals surface area contributed by atoms with Gasteiger partial charge in [0.15, 0.2) is 11.3 Å². The number of rotatable bonds is 8. The van der Waals surface area contributed by atoms with Crippen molar-refractivity contribution in [3.8, 4) is 11.3 Å². The molecule has 1 aliphatic carbocycles. The maximum atomic E-state index is 15.8. The van der Waals surface area contributed by atoms with E-state index < -0.39 is 11.9 Å². The monoisotopic (exact) mass is 570 g/mol. The average molecular weight is 571 g/mol. The summed E-state index contributed by atoms with van der Waals surface area (Å²) < 4.78 is 17.3. The second kappa shape index (κ2) is 12.0. The van der Waals surface area contributed by atoms with Crippen molar-refractivity contribution < 1.29 is 19.1 Å². The average Bonchev–Trinajstić information content (AvgIpc) is 3.21. The summed E-state index contributed by atoms with van der Waals surface area (Å²) >= 11 is 0. The molecule has 0 spiro atoms. The fourth-order valence-electron chi connectivity index (χ4n) is 6.32. The normalized spacial score (nSPS) is 14.8. The molecule has 2 atom stereocenters. The molecular weight excluding hydrogens is 531 g/mol. The Morgan fingerprint density at radius 3 is 2.38 bits per heavy atom. The van der Waals surface area contributed by atoms with E-state index in [1.807, 2.05) is 58.0 Å². The van der Waals surface area contributed by atoms with Crippen LogP contribution in [-0.2, 0) is 17.6 Å². The predicted octanol–water partition coefficient (Wildman–Crippen LogP) is 7.13. The van der Waals surface area contributed by atoms with Gasteiger partial charge in [0.2, 0.25) is 0 Å². The van der Waals surface area contributed by atoms with Gasteiger partial charge < -0.3 is 10.4 Å². The van der Waals surface area contributed by atoms with Gasteiger partial charge in [0, 0.05) is 22.9 Å². The van der Waals surface area contributed by atoms with Crippen molar-refractivity contribution in [2.45, 2.75) is 85.1 Å². The lowest BCUT2D eigenvalue weighted by atomic mass is 9.84. The molecule has 8 heteroatoms. The first-order chi connectivity index (χ1) is 20.1. The second-order valence-corrected chi connectivity index (χ2v) is 11.9. The Bertz CT molecular complexity index is 1640.